The van der Waals surface area contributed by atoms with Gasteiger partial charge in [0.15, 0.2) is 5.43 Å². The van der Waals surface area contributed by atoms with E-state index in [1.54, 1.807) is 30.3 Å². The smallest absolute Gasteiger partial charge is 0.333 e. The summed E-state index contributed by atoms with van der Waals surface area (Å²) in [5.74, 6) is -1.86. The van der Waals surface area contributed by atoms with Gasteiger partial charge in [0, 0.05) is 42.0 Å². The minimum atomic E-state index is -0.644. The standard InChI is InChI=1S/C24H23N3O6/c28-19(11-2-1-3-12-22(31)33-27-20(29)13-14-21(27)30)25-18-10-6-8-16-23(18)26-17-9-5-4-7-15(17)24(16)32/h4-10H,1-3,11-14H2,(H,25,28)(H,26,32). The Hall–Kier alpha value is -4.01. The lowest BCUT2D eigenvalue weighted by Gasteiger charge is -2.12. The van der Waals surface area contributed by atoms with Crippen LogP contribution in [0, 0.1) is 0 Å². The number of nitrogens with zero attached hydrogens (tertiary/aromatic N) is 1. The number of hydrogen-bond acceptors (Lipinski definition) is 6. The molecule has 170 valence electrons. The molecule has 0 bridgehead atoms. The van der Waals surface area contributed by atoms with E-state index in [2.05, 4.69) is 10.3 Å². The third-order valence-corrected chi connectivity index (χ3v) is 5.50. The van der Waals surface area contributed by atoms with Crippen LogP contribution >= 0.6 is 0 Å². The number of imide groups is 1. The van der Waals surface area contributed by atoms with Crippen molar-refractivity contribution < 1.29 is 24.0 Å². The van der Waals surface area contributed by atoms with E-state index in [0.717, 1.165) is 0 Å². The van der Waals surface area contributed by atoms with Gasteiger partial charge in [-0.25, -0.2) is 4.79 Å². The summed E-state index contributed by atoms with van der Waals surface area (Å²) in [4.78, 5) is 67.9. The molecule has 0 radical (unpaired) electrons. The largest absolute Gasteiger partial charge is 0.353 e. The van der Waals surface area contributed by atoms with Crippen LogP contribution in [0.5, 0.6) is 0 Å². The van der Waals surface area contributed by atoms with Crippen molar-refractivity contribution >= 4 is 51.2 Å². The van der Waals surface area contributed by atoms with Crippen molar-refractivity contribution in [2.45, 2.75) is 44.9 Å². The van der Waals surface area contributed by atoms with E-state index in [0.29, 0.717) is 51.8 Å². The Bertz CT molecular complexity index is 1300. The molecule has 2 aromatic carbocycles. The third-order valence-electron chi connectivity index (χ3n) is 5.50. The van der Waals surface area contributed by atoms with Crippen LogP contribution in [0.2, 0.25) is 0 Å². The number of hydroxylamine groups is 2. The number of fused-ring (bicyclic) bond motifs is 2. The first-order valence-electron chi connectivity index (χ1n) is 10.8. The highest BCUT2D eigenvalue weighted by atomic mass is 16.7. The Morgan fingerprint density at radius 2 is 1.58 bits per heavy atom. The Labute approximate surface area is 188 Å². The molecule has 1 aliphatic heterocycles. The SMILES string of the molecule is O=C(CCCCCC(=O)ON1C(=O)CCC1=O)Nc1cccc2c(=O)c3ccccc3[nH]c12. The number of carbonyl (C=O) groups is 4. The number of aromatic nitrogens is 1. The predicted molar refractivity (Wildman–Crippen MR) is 121 cm³/mol. The minimum Gasteiger partial charge on any atom is -0.353 e. The molecule has 1 fully saturated rings. The molecule has 33 heavy (non-hydrogen) atoms. The molecule has 2 heterocycles. The van der Waals surface area contributed by atoms with Gasteiger partial charge in [-0.05, 0) is 37.1 Å². The van der Waals surface area contributed by atoms with Crippen molar-refractivity contribution in [1.82, 2.24) is 10.0 Å². The molecule has 0 spiro atoms. The van der Waals surface area contributed by atoms with Gasteiger partial charge in [-0.15, -0.1) is 5.06 Å². The van der Waals surface area contributed by atoms with Gasteiger partial charge in [0.25, 0.3) is 11.8 Å². The average molecular weight is 449 g/mol. The molecular weight excluding hydrogens is 426 g/mol. The maximum Gasteiger partial charge on any atom is 0.333 e. The van der Waals surface area contributed by atoms with Crippen molar-refractivity contribution in [3.63, 3.8) is 0 Å². The van der Waals surface area contributed by atoms with Crippen LogP contribution in [-0.4, -0.2) is 33.7 Å². The Morgan fingerprint density at radius 3 is 2.36 bits per heavy atom. The van der Waals surface area contributed by atoms with Gasteiger partial charge in [0.05, 0.1) is 11.2 Å². The molecule has 2 N–H and O–H groups in total. The fourth-order valence-corrected chi connectivity index (χ4v) is 3.80. The normalized spacial score (nSPS) is 13.6. The van der Waals surface area contributed by atoms with Gasteiger partial charge in [0.1, 0.15) is 0 Å². The van der Waals surface area contributed by atoms with Crippen LogP contribution < -0.4 is 10.7 Å². The van der Waals surface area contributed by atoms with Crippen molar-refractivity contribution in [3.05, 3.63) is 52.7 Å². The molecule has 0 aliphatic carbocycles. The molecule has 0 saturated carbocycles. The number of pyridine rings is 1. The van der Waals surface area contributed by atoms with Crippen LogP contribution in [0.25, 0.3) is 21.8 Å². The number of hydrogen-bond donors (Lipinski definition) is 2. The lowest BCUT2D eigenvalue weighted by Crippen LogP contribution is -2.31. The highest BCUT2D eigenvalue weighted by Gasteiger charge is 2.32. The second-order valence-electron chi connectivity index (χ2n) is 7.88. The number of nitrogens with one attached hydrogen (secondary N) is 2. The van der Waals surface area contributed by atoms with Crippen molar-refractivity contribution in [1.29, 1.82) is 0 Å². The second-order valence-corrected chi connectivity index (χ2v) is 7.88. The summed E-state index contributed by atoms with van der Waals surface area (Å²) in [6.07, 6.45) is 2.02. The average Bonchev–Trinajstić information content (AvgIpc) is 3.11. The van der Waals surface area contributed by atoms with E-state index >= 15 is 0 Å². The van der Waals surface area contributed by atoms with Gasteiger partial charge in [-0.1, -0.05) is 24.6 Å². The van der Waals surface area contributed by atoms with E-state index in [1.165, 1.54) is 0 Å². The monoisotopic (exact) mass is 449 g/mol. The van der Waals surface area contributed by atoms with Gasteiger partial charge >= 0.3 is 5.97 Å². The highest BCUT2D eigenvalue weighted by Crippen LogP contribution is 2.22. The summed E-state index contributed by atoms with van der Waals surface area (Å²) in [5.41, 5.74) is 1.70. The molecule has 0 unspecified atom stereocenters. The molecule has 3 aromatic rings. The van der Waals surface area contributed by atoms with E-state index in [9.17, 15) is 24.0 Å². The number of anilines is 1. The Morgan fingerprint density at radius 1 is 0.879 bits per heavy atom. The number of para-hydroxylation sites is 2. The molecular formula is C24H23N3O6. The molecule has 9 nitrogen and oxygen atoms in total. The number of benzene rings is 2. The number of unbranched alkanes of at least 4 members (excludes halogenated alkanes) is 2. The van der Waals surface area contributed by atoms with Crippen LogP contribution in [-0.2, 0) is 24.0 Å². The van der Waals surface area contributed by atoms with Gasteiger partial charge in [-0.3, -0.25) is 19.2 Å². The first-order chi connectivity index (χ1) is 15.9. The maximum atomic E-state index is 12.8. The molecule has 0 atom stereocenters. The van der Waals surface area contributed by atoms with E-state index in [4.69, 9.17) is 4.84 Å². The summed E-state index contributed by atoms with van der Waals surface area (Å²) in [6.45, 7) is 0. The third kappa shape index (κ3) is 4.92. The topological polar surface area (TPSA) is 126 Å². The minimum absolute atomic E-state index is 0.0519. The zero-order valence-electron chi connectivity index (χ0n) is 17.9. The number of aromatic amines is 1. The van der Waals surface area contributed by atoms with Crippen LogP contribution in [0.15, 0.2) is 47.3 Å². The molecule has 1 aromatic heterocycles. The molecule has 4 rings (SSSR count). The van der Waals surface area contributed by atoms with Gasteiger partial charge in [0.2, 0.25) is 5.91 Å². The molecule has 3 amide bonds. The first kappa shape index (κ1) is 22.2. The number of H-pyrrole nitrogens is 1. The summed E-state index contributed by atoms with van der Waals surface area (Å²) < 4.78 is 0. The summed E-state index contributed by atoms with van der Waals surface area (Å²) in [5, 5.41) is 4.48. The van der Waals surface area contributed by atoms with Crippen molar-refractivity contribution in [2.24, 2.45) is 0 Å². The quantitative estimate of drug-likeness (QED) is 0.309. The lowest BCUT2D eigenvalue weighted by atomic mass is 10.1. The number of amides is 3. The molecule has 1 aliphatic rings. The van der Waals surface area contributed by atoms with Gasteiger partial charge < -0.3 is 15.1 Å². The van der Waals surface area contributed by atoms with E-state index in [-0.39, 0.29) is 37.0 Å². The fraction of sp³-hybridized carbons (Fsp3) is 0.292. The zero-order valence-corrected chi connectivity index (χ0v) is 17.9. The van der Waals surface area contributed by atoms with E-state index in [1.807, 2.05) is 12.1 Å². The van der Waals surface area contributed by atoms with Crippen LogP contribution in [0.4, 0.5) is 5.69 Å². The van der Waals surface area contributed by atoms with Gasteiger partial charge in [-0.2, -0.15) is 0 Å². The lowest BCUT2D eigenvalue weighted by molar-refractivity contribution is -0.197. The fourth-order valence-electron chi connectivity index (χ4n) is 3.80. The zero-order chi connectivity index (χ0) is 23.4. The van der Waals surface area contributed by atoms with Crippen molar-refractivity contribution in [3.8, 4) is 0 Å². The summed E-state index contributed by atoms with van der Waals surface area (Å²) >= 11 is 0. The molecule has 1 saturated heterocycles. The van der Waals surface area contributed by atoms with Crippen molar-refractivity contribution in [2.75, 3.05) is 5.32 Å². The second kappa shape index (κ2) is 9.64. The number of carbonyl (C=O) groups excluding carboxylic acids is 4. The van der Waals surface area contributed by atoms with Crippen LogP contribution in [0.3, 0.4) is 0 Å². The predicted octanol–water partition coefficient (Wildman–Crippen LogP) is 3.18. The van der Waals surface area contributed by atoms with E-state index < -0.39 is 17.8 Å². The highest BCUT2D eigenvalue weighted by molar-refractivity contribution is 6.03. The summed E-state index contributed by atoms with van der Waals surface area (Å²) in [6, 6.07) is 12.4. The Kier molecular flexibility index (Phi) is 6.48. The summed E-state index contributed by atoms with van der Waals surface area (Å²) in [7, 11) is 0. The number of rotatable bonds is 8. The maximum absolute atomic E-state index is 12.8. The Balaban J connectivity index is 1.28. The molecule has 9 heteroatoms. The first-order valence-corrected chi connectivity index (χ1v) is 10.8. The van der Waals surface area contributed by atoms with Crippen LogP contribution in [0.1, 0.15) is 44.9 Å².